The Morgan fingerprint density at radius 1 is 0.362 bits per heavy atom. The third-order valence-corrected chi connectivity index (χ3v) is 24.8. The number of pyridine rings is 2. The number of ether oxygens (including phenoxy) is 10. The summed E-state index contributed by atoms with van der Waals surface area (Å²) < 4.78 is 124. The first-order valence-corrected chi connectivity index (χ1v) is 47.4. The van der Waals surface area contributed by atoms with Crippen LogP contribution < -0.4 is 83.9 Å². The van der Waals surface area contributed by atoms with Crippen molar-refractivity contribution >= 4 is 155 Å². The minimum Gasteiger partial charge on any atom is -0.497 e. The van der Waals surface area contributed by atoms with Crippen molar-refractivity contribution in [3.05, 3.63) is 247 Å². The van der Waals surface area contributed by atoms with Crippen molar-refractivity contribution in [1.29, 1.82) is 0 Å². The lowest BCUT2D eigenvalue weighted by Gasteiger charge is -2.14. The first-order chi connectivity index (χ1) is 60.5. The van der Waals surface area contributed by atoms with E-state index in [0.29, 0.717) is 119 Å². The number of hydrogen-bond acceptors (Lipinski definition) is 27. The standard InChI is InChI=1S/C19H21N3O3S.C19H21N3O2S.C18H19ClN4O3S.C17H17N3O3S.C17H16N2O5S/c1-24-17-9-8-15-16(10-11-21-18(15)19(17)25-2)22-12-13-4-6-14(7-5-13)26(3,20)23;1-13-10-18(17-9-6-15(24-2)11-19(17)22-13)21-12-14-4-7-16(8-5-14)25(3,20)23;1-25-15-8-13-14(9-16(15)26-2)22-18(19)23-17(13)21-10-11-4-6-12(7-5-11)27(3,20)24;1-22-15-8-13-14(9-16(15)23-2)19-10-20-17(13)11-4-6-12(7-5-11)24(3,18)21;1-22-15-8-13-14(9-16(15)23-2)18-10-19-17(13)24-11-4-6-12(7-5-11)25(3,20)21/h4-11H,3,12H2,1-2H3,(H2,20,23)(H,21,22);4-11H,3,12H2,1-2H3,(H2,20,23)(H,21,22);4-9H,3,10H2,1-2H3,(H2,20,24)(H,21,22,23);4-10H,3H2,1-2H3,(H2,18,21);4-10H,1-3H3. The summed E-state index contributed by atoms with van der Waals surface area (Å²) in [7, 11) is 0.138. The zero-order chi connectivity index (χ0) is 91.7. The molecule has 37 heteroatoms. The van der Waals surface area contributed by atoms with Gasteiger partial charge < -0.3 is 63.3 Å². The number of nitrogens with zero attached hydrogens (tertiary/aromatic N) is 8. The van der Waals surface area contributed by atoms with Gasteiger partial charge in [-0.1, -0.05) is 48.5 Å². The molecule has 127 heavy (non-hydrogen) atoms. The molecule has 0 aliphatic rings. The largest absolute Gasteiger partial charge is 0.497 e. The summed E-state index contributed by atoms with van der Waals surface area (Å²) in [6, 6.07) is 59.0. The topological polar surface area (TPSA) is 438 Å². The van der Waals surface area contributed by atoms with E-state index < -0.39 is 48.7 Å². The molecule has 10 aromatic carbocycles. The molecule has 31 nitrogen and oxygen atoms in total. The molecule has 662 valence electrons. The maximum Gasteiger partial charge on any atom is 0.230 e. The van der Waals surface area contributed by atoms with Gasteiger partial charge in [-0.25, -0.2) is 55.2 Å². The van der Waals surface area contributed by atoms with Crippen LogP contribution in [0.2, 0.25) is 5.28 Å². The van der Waals surface area contributed by atoms with Crippen LogP contribution in [0.15, 0.2) is 244 Å². The van der Waals surface area contributed by atoms with E-state index in [1.165, 1.54) is 31.9 Å². The summed E-state index contributed by atoms with van der Waals surface area (Å²) in [5, 5.41) is 36.6. The van der Waals surface area contributed by atoms with Crippen molar-refractivity contribution in [1.82, 2.24) is 39.9 Å². The molecule has 4 atom stereocenters. The molecule has 0 aliphatic carbocycles. The molecule has 0 radical (unpaired) electrons. The van der Waals surface area contributed by atoms with Gasteiger partial charge in [-0.05, 0) is 186 Å². The van der Waals surface area contributed by atoms with Crippen LogP contribution in [0.5, 0.6) is 63.4 Å². The Hall–Kier alpha value is -13.4. The molecule has 0 aliphatic heterocycles. The second kappa shape index (κ2) is 41.2. The molecule has 0 spiro atoms. The van der Waals surface area contributed by atoms with Crippen molar-refractivity contribution in [2.45, 2.75) is 51.0 Å². The number of hydrogen-bond donors (Lipinski definition) is 7. The lowest BCUT2D eigenvalue weighted by atomic mass is 10.1. The van der Waals surface area contributed by atoms with Crippen LogP contribution >= 0.6 is 11.6 Å². The Kier molecular flexibility index (Phi) is 30.6. The monoisotopic (exact) mass is 1840 g/mol. The van der Waals surface area contributed by atoms with Crippen molar-refractivity contribution in [3.8, 4) is 74.6 Å². The number of rotatable bonds is 26. The van der Waals surface area contributed by atoms with Gasteiger partial charge in [0.1, 0.15) is 35.5 Å². The first-order valence-electron chi connectivity index (χ1n) is 37.9. The normalized spacial score (nSPS) is 12.9. The quantitative estimate of drug-likeness (QED) is 0.0195. The predicted octanol–water partition coefficient (Wildman–Crippen LogP) is 13.9. The molecule has 0 saturated heterocycles. The fourth-order valence-electron chi connectivity index (χ4n) is 12.7. The summed E-state index contributed by atoms with van der Waals surface area (Å²) in [4.78, 5) is 36.8. The van der Waals surface area contributed by atoms with Gasteiger partial charge in [0.05, 0.1) is 141 Å². The highest BCUT2D eigenvalue weighted by Crippen LogP contribution is 2.41. The number of halogens is 1. The molecular weight excluding hydrogens is 1740 g/mol. The number of methoxy groups -OCH3 is 9. The zero-order valence-corrected chi connectivity index (χ0v) is 75.9. The van der Waals surface area contributed by atoms with E-state index >= 15 is 0 Å². The molecule has 15 rings (SSSR count). The average Bonchev–Trinajstić information content (AvgIpc) is 0.789. The minimum atomic E-state index is -3.26. The molecule has 0 amide bonds. The molecule has 0 bridgehead atoms. The van der Waals surface area contributed by atoms with E-state index in [2.05, 4.69) is 79.3 Å². The minimum absolute atomic E-state index is 0.118. The zero-order valence-electron chi connectivity index (χ0n) is 71.1. The highest BCUT2D eigenvalue weighted by atomic mass is 35.5. The summed E-state index contributed by atoms with van der Waals surface area (Å²) in [6.45, 7) is 3.66. The highest BCUT2D eigenvalue weighted by molar-refractivity contribution is 7.99. The fourth-order valence-corrected chi connectivity index (χ4v) is 15.9. The van der Waals surface area contributed by atoms with Gasteiger partial charge in [0, 0.05) is 120 Å². The lowest BCUT2D eigenvalue weighted by molar-refractivity contribution is 0.355. The number of aryl methyl sites for hydroxylation is 1. The molecule has 0 saturated carbocycles. The second-order valence-corrected chi connectivity index (χ2v) is 38.0. The third-order valence-electron chi connectivity index (χ3n) is 19.2. The van der Waals surface area contributed by atoms with E-state index in [0.717, 1.165) is 95.1 Å². The van der Waals surface area contributed by atoms with Crippen LogP contribution in [0.3, 0.4) is 0 Å². The maximum atomic E-state index is 11.8. The van der Waals surface area contributed by atoms with Gasteiger partial charge >= 0.3 is 0 Å². The van der Waals surface area contributed by atoms with E-state index in [4.69, 9.17) is 79.5 Å². The van der Waals surface area contributed by atoms with Gasteiger partial charge in [-0.15, -0.1) is 0 Å². The van der Waals surface area contributed by atoms with Gasteiger partial charge in [-0.3, -0.25) is 30.5 Å². The fraction of sp³-hybridized carbons (Fsp3) is 0.156. The molecule has 5 heterocycles. The molecule has 0 fully saturated rings. The van der Waals surface area contributed by atoms with Crippen molar-refractivity contribution in [3.63, 3.8) is 0 Å². The lowest BCUT2D eigenvalue weighted by Crippen LogP contribution is -2.12. The molecule has 4 unspecified atom stereocenters. The maximum absolute atomic E-state index is 11.8. The Bertz CT molecular complexity index is 7130. The van der Waals surface area contributed by atoms with Crippen molar-refractivity contribution < 1.29 is 72.6 Å². The number of nitrogens with one attached hydrogen (secondary N) is 3. The first kappa shape index (κ1) is 94.3. The molecule has 11 N–H and O–H groups in total. The van der Waals surface area contributed by atoms with Gasteiger partial charge in [-0.2, -0.15) is 0 Å². The Balaban J connectivity index is 0.000000154. The number of aromatic nitrogens is 8. The van der Waals surface area contributed by atoms with Crippen LogP contribution in [0.25, 0.3) is 65.8 Å². The van der Waals surface area contributed by atoms with E-state index in [9.17, 15) is 25.3 Å². The highest BCUT2D eigenvalue weighted by Gasteiger charge is 2.20. The SMILES string of the molecule is C=S(N)(=O)c1ccc(-c2ncnc3cc(OC)c(OC)cc23)cc1.C=S(N)(=O)c1ccc(CNc2cc(C)nc3cc(OC)ccc23)cc1.C=S(N)(=O)c1ccc(CNc2ccnc3c(OC)c(OC)ccc23)cc1.C=S(N)(=O)c1ccc(CNc2nc(Cl)nc3cc(OC)c(OC)cc23)cc1.COc1cc2ncnc(Oc3ccc(S(C)(=O)=O)cc3)c2cc1OC. The number of sulfone groups is 1. The van der Waals surface area contributed by atoms with Crippen LogP contribution in [0.4, 0.5) is 17.2 Å². The third kappa shape index (κ3) is 24.0. The summed E-state index contributed by atoms with van der Waals surface area (Å²) >= 11 is 6.06. The van der Waals surface area contributed by atoms with E-state index in [1.54, 1.807) is 154 Å². The van der Waals surface area contributed by atoms with Crippen LogP contribution in [0, 0.1) is 6.92 Å². The number of nitrogens with two attached hydrogens (primary N) is 4. The Morgan fingerprint density at radius 2 is 0.780 bits per heavy atom. The molecule has 5 aromatic heterocycles. The van der Waals surface area contributed by atoms with E-state index in [1.807, 2.05) is 104 Å². The molecule has 15 aromatic rings. The predicted molar refractivity (Wildman–Crippen MR) is 508 cm³/mol. The van der Waals surface area contributed by atoms with Crippen molar-refractivity contribution in [2.75, 3.05) is 86.2 Å². The van der Waals surface area contributed by atoms with Crippen LogP contribution in [-0.2, 0) is 68.3 Å². The van der Waals surface area contributed by atoms with Crippen molar-refractivity contribution in [2.24, 2.45) is 20.6 Å². The average molecular weight is 1840 g/mol. The molecular formula is C90H94ClN15O16S5. The van der Waals surface area contributed by atoms with Gasteiger partial charge in [0.25, 0.3) is 0 Å². The Morgan fingerprint density at radius 3 is 1.26 bits per heavy atom. The van der Waals surface area contributed by atoms with Gasteiger partial charge in [0.15, 0.2) is 55.8 Å². The number of anilines is 3. The second-order valence-electron chi connectivity index (χ2n) is 27.9. The summed E-state index contributed by atoms with van der Waals surface area (Å²) in [5.41, 5.74) is 11.1. The smallest absolute Gasteiger partial charge is 0.230 e. The summed E-state index contributed by atoms with van der Waals surface area (Å²) in [6.07, 6.45) is 5.75. The van der Waals surface area contributed by atoms with E-state index in [-0.39, 0.29) is 10.2 Å². The van der Waals surface area contributed by atoms with Gasteiger partial charge in [0.2, 0.25) is 11.2 Å². The Labute approximate surface area is 742 Å². The number of fused-ring (bicyclic) bond motifs is 5. The van der Waals surface area contributed by atoms with Crippen LogP contribution in [0.1, 0.15) is 22.4 Å². The summed E-state index contributed by atoms with van der Waals surface area (Å²) in [5.74, 6) is 20.7. The number of benzene rings is 10. The van der Waals surface area contributed by atoms with Crippen LogP contribution in [-0.4, -0.2) is 159 Å².